The molecule has 9 aliphatic carbocycles. The molecule has 4 atom stereocenters. The van der Waals surface area contributed by atoms with E-state index in [1.807, 2.05) is 0 Å². The van der Waals surface area contributed by atoms with Gasteiger partial charge >= 0.3 is 11.9 Å². The molecule has 24 aromatic carbocycles. The number of benzene rings is 16. The predicted octanol–water partition coefficient (Wildman–Crippen LogP) is 9.90. The third kappa shape index (κ3) is 3.52. The second kappa shape index (κ2) is 13.9. The minimum atomic E-state index is -1.90. The Morgan fingerprint density at radius 3 is 0.720 bits per heavy atom. The number of quaternary nitrogens is 1. The molecule has 0 radical (unpaired) electrons. The molecule has 4 unspecified atom stereocenters. The number of hydrogen-bond acceptors (Lipinski definition) is 13. The molecule has 1 saturated heterocycles. The van der Waals surface area contributed by atoms with Crippen molar-refractivity contribution in [1.29, 1.82) is 0 Å². The lowest BCUT2D eigenvalue weighted by atomic mass is 9.50. The molecule has 0 bridgehead atoms. The van der Waals surface area contributed by atoms with Crippen molar-refractivity contribution in [3.63, 3.8) is 0 Å². The summed E-state index contributed by atoms with van der Waals surface area (Å²) in [5, 5.41) is 69.2. The first kappa shape index (κ1) is 50.0. The minimum Gasteiger partial charge on any atom is -1.00 e. The standard InChI is InChI=1S/C85H48N2O12.ClH/c1-90-7-9-94-13-15-96-17-19-98-79(88)85(80(89)99-20-18-97-16-14-95-10-8-91-2)83-75-63-44-28-26-24-23-25-27-29-36-47-34(25)46(33(24)44)65(75)66(47)76-67-48(36)37-40(29)56-55-39(27)31(23)41-32(26)42-35-30(28)45-38-43(35)59-61-51-50(38)68(77(83)64(45)63)70-54(51)52-53(69(67)78(70)84(76,83)85)49(37)60-62(52)74(61)82-22-87(4-6-93-12-11-92-5-3-86)21-81(82,73(56)60)71(55)57(41)58(42)72(59)82;/h3-22,86H2,1-2H3;1H. The van der Waals surface area contributed by atoms with Gasteiger partial charge in [0.25, 0.3) is 0 Å². The summed E-state index contributed by atoms with van der Waals surface area (Å²) >= 11 is 0. The van der Waals surface area contributed by atoms with E-state index in [-0.39, 0.29) is 38.8 Å². The summed E-state index contributed by atoms with van der Waals surface area (Å²) in [5.74, 6) is -1.02. The Bertz CT molecular complexity index is 8020. The second-order valence-corrected chi connectivity index (χ2v) is 32.6. The Kier molecular flexibility index (Phi) is 6.95. The number of hydrogen-bond donors (Lipinski definition) is 1. The van der Waals surface area contributed by atoms with Gasteiger partial charge in [0.05, 0.1) is 121 Å². The highest BCUT2D eigenvalue weighted by molar-refractivity contribution is 6.78. The summed E-state index contributed by atoms with van der Waals surface area (Å²) in [6.07, 6.45) is 0. The van der Waals surface area contributed by atoms with Gasteiger partial charge in [-0.15, -0.1) is 0 Å². The molecule has 24 aromatic rings. The molecule has 2 fully saturated rings. The van der Waals surface area contributed by atoms with E-state index in [0.29, 0.717) is 79.3 Å². The van der Waals surface area contributed by atoms with Crippen LogP contribution in [-0.2, 0) is 78.6 Å². The third-order valence-electron chi connectivity index (χ3n) is 30.8. The number of nitrogens with zero attached hydrogens (tertiary/aromatic N) is 1. The van der Waals surface area contributed by atoms with Crippen molar-refractivity contribution in [2.45, 2.75) is 21.7 Å². The molecule has 34 rings (SSSR count). The molecule has 1 aliphatic heterocycles. The van der Waals surface area contributed by atoms with Crippen molar-refractivity contribution in [1.82, 2.24) is 4.90 Å². The molecular weight excluding hydrogens is 1280 g/mol. The van der Waals surface area contributed by atoms with E-state index < -0.39 is 39.0 Å². The number of likely N-dealkylation sites (tertiary alicyclic amines) is 1. The van der Waals surface area contributed by atoms with E-state index in [4.69, 9.17) is 47.4 Å². The normalized spacial score (nSPS) is 23.5. The van der Waals surface area contributed by atoms with Gasteiger partial charge in [0, 0.05) is 33.9 Å². The van der Waals surface area contributed by atoms with Crippen LogP contribution in [0.2, 0.25) is 0 Å². The molecule has 4 spiro atoms. The van der Waals surface area contributed by atoms with Crippen LogP contribution < -0.4 is 18.1 Å². The van der Waals surface area contributed by atoms with E-state index in [0.717, 1.165) is 26.2 Å². The molecule has 1 saturated carbocycles. The van der Waals surface area contributed by atoms with Gasteiger partial charge in [-0.25, -0.2) is 0 Å². The zero-order chi connectivity index (χ0) is 62.8. The van der Waals surface area contributed by atoms with Crippen LogP contribution in [0.4, 0.5) is 0 Å². The smallest absolute Gasteiger partial charge is 0.326 e. The summed E-state index contributed by atoms with van der Waals surface area (Å²) in [7, 11) is 3.34. The summed E-state index contributed by atoms with van der Waals surface area (Å²) in [6.45, 7) is 9.42. The molecular formula is C85H49ClN2O12. The molecule has 15 heteroatoms. The Balaban J connectivity index is 0.00000520. The summed E-state index contributed by atoms with van der Waals surface area (Å²) < 4.78 is 61.4. The number of carbonyl (C=O) groups is 2. The van der Waals surface area contributed by atoms with E-state index in [1.165, 1.54) is 243 Å². The van der Waals surface area contributed by atoms with E-state index in [9.17, 15) is 0 Å². The molecule has 10 aliphatic rings. The van der Waals surface area contributed by atoms with E-state index >= 15 is 9.59 Å². The van der Waals surface area contributed by atoms with Crippen LogP contribution in [-0.4, -0.2) is 163 Å². The Hall–Kier alpha value is -8.45. The van der Waals surface area contributed by atoms with Crippen LogP contribution in [0.1, 0.15) is 44.5 Å². The molecule has 100 heavy (non-hydrogen) atoms. The Morgan fingerprint density at radius 1 is 0.280 bits per heavy atom. The van der Waals surface area contributed by atoms with Crippen LogP contribution in [0, 0.1) is 5.41 Å². The molecule has 0 aromatic heterocycles. The fourth-order valence-corrected chi connectivity index (χ4v) is 29.9. The highest BCUT2D eigenvalue weighted by Gasteiger charge is 3.01. The van der Waals surface area contributed by atoms with Crippen molar-refractivity contribution in [3.05, 3.63) is 44.5 Å². The van der Waals surface area contributed by atoms with E-state index in [1.54, 1.807) is 74.2 Å². The average molecular weight is 1330 g/mol. The van der Waals surface area contributed by atoms with Crippen LogP contribution in [0.15, 0.2) is 0 Å². The number of methoxy groups -OCH3 is 2. The topological polar surface area (TPSA) is 157 Å². The number of ether oxygens (including phenoxy) is 10. The fraction of sp³-hybridized carbons (Fsp3) is 0.318. The second-order valence-electron chi connectivity index (χ2n) is 32.6. The summed E-state index contributed by atoms with van der Waals surface area (Å²) in [5.41, 5.74) is 10.2. The maximum absolute atomic E-state index is 17.7. The highest BCUT2D eigenvalue weighted by atomic mass is 35.5. The zero-order valence-corrected chi connectivity index (χ0v) is 54.8. The van der Waals surface area contributed by atoms with Gasteiger partial charge in [0.2, 0.25) is 0 Å². The summed E-state index contributed by atoms with van der Waals surface area (Å²) in [6, 6.07) is 0. The lowest BCUT2D eigenvalue weighted by Crippen LogP contribution is -3.00. The maximum atomic E-state index is 17.7. The van der Waals surface area contributed by atoms with Gasteiger partial charge in [-0.1, -0.05) is 0 Å². The van der Waals surface area contributed by atoms with Crippen LogP contribution in [0.25, 0.3) is 259 Å². The van der Waals surface area contributed by atoms with Crippen molar-refractivity contribution < 1.29 is 75.1 Å². The predicted molar refractivity (Wildman–Crippen MR) is 384 cm³/mol. The van der Waals surface area contributed by atoms with Crippen LogP contribution >= 0.6 is 0 Å². The molecule has 0 amide bonds. The first-order chi connectivity index (χ1) is 49.1. The average Bonchev–Trinajstić information content (AvgIpc) is 1.35. The molecule has 14 nitrogen and oxygen atoms in total. The number of carbonyl (C=O) groups excluding carboxylic acids is 2. The van der Waals surface area contributed by atoms with Crippen molar-refractivity contribution in [2.24, 2.45) is 5.41 Å². The van der Waals surface area contributed by atoms with Crippen molar-refractivity contribution >= 4 is 270 Å². The molecule has 3 N–H and O–H groups in total. The van der Waals surface area contributed by atoms with Gasteiger partial charge in [-0.3, -0.25) is 14.5 Å². The highest BCUT2D eigenvalue weighted by Crippen LogP contribution is 2.97. The van der Waals surface area contributed by atoms with Crippen molar-refractivity contribution in [3.8, 4) is 0 Å². The first-order valence-corrected chi connectivity index (χ1v) is 36.4. The van der Waals surface area contributed by atoms with Crippen LogP contribution in [0.5, 0.6) is 0 Å². The lowest BCUT2D eigenvalue weighted by molar-refractivity contribution is -0.374. The lowest BCUT2D eigenvalue weighted by Gasteiger charge is -2.49. The quantitative estimate of drug-likeness (QED) is 0.0214. The van der Waals surface area contributed by atoms with Gasteiger partial charge in [-0.05, 0) is 303 Å². The minimum absolute atomic E-state index is 0. The zero-order valence-electron chi connectivity index (χ0n) is 54.1. The maximum Gasteiger partial charge on any atom is 0.326 e. The number of halogens is 1. The summed E-state index contributed by atoms with van der Waals surface area (Å²) in [4.78, 5) is 38.3. The van der Waals surface area contributed by atoms with Crippen LogP contribution in [0.3, 0.4) is 0 Å². The van der Waals surface area contributed by atoms with Gasteiger partial charge in [0.15, 0.2) is 5.41 Å². The Labute approximate surface area is 565 Å². The first-order valence-electron chi connectivity index (χ1n) is 36.4. The number of esters is 2. The SMILES string of the molecule is COCCOCCOCCOC(=O)C1(C(=O)OCCOCCOCCOC)C23c4c5c6c7c8c9c(c%10c%11c2c2c4c4c%12c%13c%14c%15c%16c%17c%18c%19c%20c%21c%22c(c%13c4c4c2c2c%11c%11c%10c%10c9c9c%13c8c(c6c%15c5%12)c%16c%13c%18c5c%19c6c%21c(c2c%224)c%11c6c%10c59)C%202CN(CCOCCOCC[NH3+])CC%14%172)C713.[Cl-]. The number of rotatable bonds is 28. The van der Waals surface area contributed by atoms with Gasteiger partial charge in [0.1, 0.15) is 13.2 Å². The monoisotopic (exact) mass is 1320 g/mol. The fourth-order valence-electron chi connectivity index (χ4n) is 29.9. The molecule has 478 valence electrons. The van der Waals surface area contributed by atoms with Crippen molar-refractivity contribution in [2.75, 3.05) is 146 Å². The van der Waals surface area contributed by atoms with Gasteiger partial charge in [-0.2, -0.15) is 0 Å². The van der Waals surface area contributed by atoms with Gasteiger partial charge < -0.3 is 65.5 Å². The molecule has 1 heterocycles. The van der Waals surface area contributed by atoms with E-state index in [2.05, 4.69) is 10.6 Å². The largest absolute Gasteiger partial charge is 1.00 e. The third-order valence-corrected chi connectivity index (χ3v) is 30.8. The Morgan fingerprint density at radius 2 is 0.480 bits per heavy atom.